The largest absolute Gasteiger partial charge is 0.373 e. The number of amides is 1. The molecule has 3 aliphatic heterocycles. The maximum absolute atomic E-state index is 12.7. The zero-order valence-electron chi connectivity index (χ0n) is 12.4. The molecule has 21 heavy (non-hydrogen) atoms. The van der Waals surface area contributed by atoms with Gasteiger partial charge in [0.15, 0.2) is 0 Å². The minimum absolute atomic E-state index is 0.0558. The second-order valence-electron chi connectivity index (χ2n) is 6.53. The number of nitrogens with zero attached hydrogens (tertiary/aromatic N) is 2. The topological polar surface area (TPSA) is 35.6 Å². The Morgan fingerprint density at radius 1 is 1.14 bits per heavy atom. The second kappa shape index (κ2) is 5.34. The molecule has 3 heterocycles. The summed E-state index contributed by atoms with van der Waals surface area (Å²) in [7, 11) is 0. The molecule has 3 aliphatic rings. The number of hydrogen-bond donors (Lipinski definition) is 1. The van der Waals surface area contributed by atoms with E-state index in [1.807, 2.05) is 12.1 Å². The fourth-order valence-electron chi connectivity index (χ4n) is 4.01. The van der Waals surface area contributed by atoms with Crippen LogP contribution in [-0.4, -0.2) is 54.0 Å². The average molecular weight is 285 g/mol. The molecule has 4 rings (SSSR count). The number of fused-ring (bicyclic) bond motifs is 1. The molecule has 0 spiro atoms. The summed E-state index contributed by atoms with van der Waals surface area (Å²) in [5, 5.41) is 3.39. The molecule has 2 atom stereocenters. The van der Waals surface area contributed by atoms with Crippen LogP contribution < -0.4 is 5.32 Å². The summed E-state index contributed by atoms with van der Waals surface area (Å²) in [5.41, 5.74) is 2.40. The van der Waals surface area contributed by atoms with Crippen molar-refractivity contribution in [1.29, 1.82) is 0 Å². The van der Waals surface area contributed by atoms with Crippen molar-refractivity contribution >= 4 is 11.6 Å². The molecule has 2 fully saturated rings. The van der Waals surface area contributed by atoms with Crippen LogP contribution in [0.25, 0.3) is 0 Å². The lowest BCUT2D eigenvalue weighted by molar-refractivity contribution is -0.131. The van der Waals surface area contributed by atoms with E-state index < -0.39 is 0 Å². The number of likely N-dealkylation sites (tertiary alicyclic amines) is 2. The van der Waals surface area contributed by atoms with Crippen molar-refractivity contribution in [2.45, 2.75) is 37.8 Å². The highest BCUT2D eigenvalue weighted by Gasteiger charge is 2.36. The summed E-state index contributed by atoms with van der Waals surface area (Å²) >= 11 is 0. The van der Waals surface area contributed by atoms with Crippen LogP contribution in [0.1, 0.15) is 24.8 Å². The van der Waals surface area contributed by atoms with Gasteiger partial charge in [0.05, 0.1) is 0 Å². The predicted molar refractivity (Wildman–Crippen MR) is 83.3 cm³/mol. The third-order valence-electron chi connectivity index (χ3n) is 5.20. The molecule has 1 aromatic carbocycles. The highest BCUT2D eigenvalue weighted by Crippen LogP contribution is 2.27. The maximum atomic E-state index is 12.7. The first-order chi connectivity index (χ1) is 10.3. The SMILES string of the molecule is O=C([C@@H]1Cc2ccccc2N1)N1CC[C@@H](N2CCCC2)C1. The molecular weight excluding hydrogens is 262 g/mol. The smallest absolute Gasteiger partial charge is 0.245 e. The molecule has 4 heteroatoms. The van der Waals surface area contributed by atoms with Gasteiger partial charge in [-0.25, -0.2) is 0 Å². The van der Waals surface area contributed by atoms with Gasteiger partial charge in [-0.05, 0) is 44.0 Å². The first kappa shape index (κ1) is 13.1. The Bertz CT molecular complexity index is 514. The molecule has 2 saturated heterocycles. The molecule has 4 nitrogen and oxygen atoms in total. The Labute approximate surface area is 126 Å². The Balaban J connectivity index is 1.38. The van der Waals surface area contributed by atoms with E-state index in [1.54, 1.807) is 0 Å². The van der Waals surface area contributed by atoms with Crippen molar-refractivity contribution in [3.8, 4) is 0 Å². The van der Waals surface area contributed by atoms with Gasteiger partial charge in [0, 0.05) is 31.2 Å². The number of carbonyl (C=O) groups excluding carboxylic acids is 1. The molecule has 0 unspecified atom stereocenters. The van der Waals surface area contributed by atoms with Gasteiger partial charge in [-0.15, -0.1) is 0 Å². The molecule has 1 aromatic rings. The van der Waals surface area contributed by atoms with Crippen molar-refractivity contribution in [2.24, 2.45) is 0 Å². The monoisotopic (exact) mass is 285 g/mol. The zero-order valence-corrected chi connectivity index (χ0v) is 12.4. The van der Waals surface area contributed by atoms with E-state index >= 15 is 0 Å². The fourth-order valence-corrected chi connectivity index (χ4v) is 4.01. The quantitative estimate of drug-likeness (QED) is 0.899. The van der Waals surface area contributed by atoms with E-state index in [2.05, 4.69) is 27.2 Å². The van der Waals surface area contributed by atoms with E-state index in [1.165, 1.54) is 31.5 Å². The van der Waals surface area contributed by atoms with E-state index in [4.69, 9.17) is 0 Å². The lowest BCUT2D eigenvalue weighted by Gasteiger charge is -2.25. The molecule has 0 radical (unpaired) electrons. The van der Waals surface area contributed by atoms with Crippen LogP contribution in [0.2, 0.25) is 0 Å². The van der Waals surface area contributed by atoms with Crippen molar-refractivity contribution in [1.82, 2.24) is 9.80 Å². The number of nitrogens with one attached hydrogen (secondary N) is 1. The Morgan fingerprint density at radius 3 is 2.76 bits per heavy atom. The number of carbonyl (C=O) groups is 1. The second-order valence-corrected chi connectivity index (χ2v) is 6.53. The van der Waals surface area contributed by atoms with Crippen LogP contribution in [0.4, 0.5) is 5.69 Å². The van der Waals surface area contributed by atoms with Crippen LogP contribution in [0.3, 0.4) is 0 Å². The summed E-state index contributed by atoms with van der Waals surface area (Å²) < 4.78 is 0. The highest BCUT2D eigenvalue weighted by molar-refractivity contribution is 5.87. The van der Waals surface area contributed by atoms with E-state index in [-0.39, 0.29) is 11.9 Å². The van der Waals surface area contributed by atoms with Crippen LogP contribution in [0, 0.1) is 0 Å². The van der Waals surface area contributed by atoms with E-state index in [0.717, 1.165) is 31.6 Å². The molecule has 0 saturated carbocycles. The van der Waals surface area contributed by atoms with Crippen molar-refractivity contribution in [2.75, 3.05) is 31.5 Å². The maximum Gasteiger partial charge on any atom is 0.245 e. The highest BCUT2D eigenvalue weighted by atomic mass is 16.2. The Hall–Kier alpha value is -1.55. The van der Waals surface area contributed by atoms with Crippen molar-refractivity contribution < 1.29 is 4.79 Å². The van der Waals surface area contributed by atoms with E-state index in [9.17, 15) is 4.79 Å². The fraction of sp³-hybridized carbons (Fsp3) is 0.588. The third kappa shape index (κ3) is 2.42. The van der Waals surface area contributed by atoms with Crippen molar-refractivity contribution in [3.63, 3.8) is 0 Å². The standard InChI is InChI=1S/C17H23N3O/c21-17(16-11-13-5-1-2-6-15(13)18-16)20-10-7-14(12-20)19-8-3-4-9-19/h1-2,5-6,14,16,18H,3-4,7-12H2/t14-,16+/m1/s1. The van der Waals surface area contributed by atoms with Gasteiger partial charge in [-0.1, -0.05) is 18.2 Å². The van der Waals surface area contributed by atoms with Crippen LogP contribution in [-0.2, 0) is 11.2 Å². The Morgan fingerprint density at radius 2 is 1.95 bits per heavy atom. The number of hydrogen-bond acceptors (Lipinski definition) is 3. The van der Waals surface area contributed by atoms with Gasteiger partial charge in [-0.2, -0.15) is 0 Å². The molecule has 1 N–H and O–H groups in total. The number of anilines is 1. The third-order valence-corrected chi connectivity index (χ3v) is 5.20. The molecule has 0 aromatic heterocycles. The number of para-hydroxylation sites is 1. The lowest BCUT2D eigenvalue weighted by Crippen LogP contribution is -2.43. The summed E-state index contributed by atoms with van der Waals surface area (Å²) in [6.45, 7) is 4.29. The Kier molecular flexibility index (Phi) is 3.34. The van der Waals surface area contributed by atoms with Crippen LogP contribution in [0.15, 0.2) is 24.3 Å². The zero-order chi connectivity index (χ0) is 14.2. The normalized spacial score (nSPS) is 28.7. The molecule has 0 aliphatic carbocycles. The minimum Gasteiger partial charge on any atom is -0.373 e. The molecule has 112 valence electrons. The summed E-state index contributed by atoms with van der Waals surface area (Å²) in [6, 6.07) is 8.80. The molecule has 0 bridgehead atoms. The number of rotatable bonds is 2. The van der Waals surface area contributed by atoms with Gasteiger partial charge in [0.25, 0.3) is 0 Å². The van der Waals surface area contributed by atoms with Gasteiger partial charge >= 0.3 is 0 Å². The molecular formula is C17H23N3O. The lowest BCUT2D eigenvalue weighted by atomic mass is 10.1. The van der Waals surface area contributed by atoms with Gasteiger partial charge in [0.2, 0.25) is 5.91 Å². The van der Waals surface area contributed by atoms with Crippen molar-refractivity contribution in [3.05, 3.63) is 29.8 Å². The molecule has 1 amide bonds. The van der Waals surface area contributed by atoms with Gasteiger partial charge in [-0.3, -0.25) is 9.69 Å². The summed E-state index contributed by atoms with van der Waals surface area (Å²) in [6.07, 6.45) is 4.62. The average Bonchev–Trinajstić information content (AvgIpc) is 3.24. The number of benzene rings is 1. The van der Waals surface area contributed by atoms with E-state index in [0.29, 0.717) is 6.04 Å². The van der Waals surface area contributed by atoms with Gasteiger partial charge < -0.3 is 10.2 Å². The van der Waals surface area contributed by atoms with Crippen LogP contribution in [0.5, 0.6) is 0 Å². The summed E-state index contributed by atoms with van der Waals surface area (Å²) in [4.78, 5) is 17.4. The minimum atomic E-state index is -0.0558. The first-order valence-corrected chi connectivity index (χ1v) is 8.18. The van der Waals surface area contributed by atoms with Crippen LogP contribution >= 0.6 is 0 Å². The first-order valence-electron chi connectivity index (χ1n) is 8.18. The predicted octanol–water partition coefficient (Wildman–Crippen LogP) is 1.72. The summed E-state index contributed by atoms with van der Waals surface area (Å²) in [5.74, 6) is 0.285. The van der Waals surface area contributed by atoms with Gasteiger partial charge in [0.1, 0.15) is 6.04 Å².